The summed E-state index contributed by atoms with van der Waals surface area (Å²) in [4.78, 5) is 2.26. The van der Waals surface area contributed by atoms with Gasteiger partial charge in [0.2, 0.25) is 0 Å². The topological polar surface area (TPSA) is 43.7 Å². The number of likely N-dealkylation sites (tertiary alicyclic amines) is 1. The quantitative estimate of drug-likeness (QED) is 0.733. The number of aryl methyl sites for hydroxylation is 1. The van der Waals surface area contributed by atoms with Gasteiger partial charge in [-0.15, -0.1) is 0 Å². The van der Waals surface area contributed by atoms with Gasteiger partial charge in [-0.05, 0) is 53.3 Å². The Morgan fingerprint density at radius 1 is 0.926 bits per heavy atom. The summed E-state index contributed by atoms with van der Waals surface area (Å²) in [5.74, 6) is 0. The molecule has 1 aliphatic rings. The third-order valence-electron chi connectivity index (χ3n) is 5.92. The van der Waals surface area contributed by atoms with Crippen LogP contribution in [0.4, 0.5) is 0 Å². The summed E-state index contributed by atoms with van der Waals surface area (Å²) in [6.07, 6.45) is 0.879. The van der Waals surface area contributed by atoms with E-state index < -0.39 is 11.7 Å². The molecule has 0 aromatic heterocycles. The first kappa shape index (κ1) is 18.2. The lowest BCUT2D eigenvalue weighted by atomic mass is 9.82. The molecule has 1 atom stereocenters. The van der Waals surface area contributed by atoms with Crippen LogP contribution < -0.4 is 0 Å². The molecule has 0 unspecified atom stereocenters. The maximum Gasteiger partial charge on any atom is 0.0923 e. The zero-order valence-corrected chi connectivity index (χ0v) is 15.8. The number of rotatable bonds is 4. The number of aliphatic hydroxyl groups is 2. The highest BCUT2D eigenvalue weighted by Crippen LogP contribution is 2.35. The van der Waals surface area contributed by atoms with Crippen LogP contribution in [0, 0.1) is 6.92 Å². The molecule has 0 amide bonds. The van der Waals surface area contributed by atoms with Gasteiger partial charge in [0.25, 0.3) is 0 Å². The third-order valence-corrected chi connectivity index (χ3v) is 5.92. The zero-order valence-electron chi connectivity index (χ0n) is 15.8. The van der Waals surface area contributed by atoms with E-state index in [0.717, 1.165) is 35.2 Å². The van der Waals surface area contributed by atoms with Crippen LogP contribution in [0.25, 0.3) is 10.8 Å². The molecular formula is C24H27NO2. The molecule has 1 aliphatic heterocycles. The molecule has 0 spiro atoms. The van der Waals surface area contributed by atoms with Crippen molar-refractivity contribution in [3.8, 4) is 0 Å². The Morgan fingerprint density at radius 3 is 2.33 bits per heavy atom. The summed E-state index contributed by atoms with van der Waals surface area (Å²) in [6.45, 7) is 4.23. The molecule has 3 nitrogen and oxygen atoms in total. The number of nitrogens with zero attached hydrogens (tertiary/aromatic N) is 1. The molecule has 140 valence electrons. The van der Waals surface area contributed by atoms with Crippen LogP contribution in [0.15, 0.2) is 66.7 Å². The number of hydrogen-bond acceptors (Lipinski definition) is 3. The van der Waals surface area contributed by atoms with Gasteiger partial charge in [-0.25, -0.2) is 0 Å². The lowest BCUT2D eigenvalue weighted by Gasteiger charge is -2.39. The molecule has 27 heavy (non-hydrogen) atoms. The summed E-state index contributed by atoms with van der Waals surface area (Å²) in [6, 6.07) is 22.5. The molecule has 1 heterocycles. The van der Waals surface area contributed by atoms with E-state index in [1.807, 2.05) is 36.4 Å². The van der Waals surface area contributed by atoms with Gasteiger partial charge in [0.05, 0.1) is 11.7 Å². The molecule has 0 saturated carbocycles. The van der Waals surface area contributed by atoms with Gasteiger partial charge >= 0.3 is 0 Å². The van der Waals surface area contributed by atoms with Crippen molar-refractivity contribution in [3.63, 3.8) is 0 Å². The second-order valence-electron chi connectivity index (χ2n) is 7.77. The van der Waals surface area contributed by atoms with Crippen LogP contribution in [0.5, 0.6) is 0 Å². The van der Waals surface area contributed by atoms with E-state index in [9.17, 15) is 10.2 Å². The second kappa shape index (κ2) is 7.43. The van der Waals surface area contributed by atoms with Crippen molar-refractivity contribution in [2.45, 2.75) is 31.5 Å². The molecule has 3 heteroatoms. The molecule has 4 rings (SSSR count). The molecular weight excluding hydrogens is 334 g/mol. The second-order valence-corrected chi connectivity index (χ2v) is 7.77. The Morgan fingerprint density at radius 2 is 1.59 bits per heavy atom. The van der Waals surface area contributed by atoms with E-state index in [1.165, 1.54) is 5.39 Å². The Hall–Kier alpha value is -2.20. The highest BCUT2D eigenvalue weighted by molar-refractivity contribution is 5.83. The van der Waals surface area contributed by atoms with Crippen LogP contribution >= 0.6 is 0 Å². The highest BCUT2D eigenvalue weighted by Gasteiger charge is 2.35. The van der Waals surface area contributed by atoms with E-state index in [-0.39, 0.29) is 0 Å². The van der Waals surface area contributed by atoms with Gasteiger partial charge in [-0.2, -0.15) is 0 Å². The van der Waals surface area contributed by atoms with Crippen molar-refractivity contribution in [1.82, 2.24) is 4.90 Å². The standard InChI is InChI=1S/C24H27NO2/c1-18-6-2-5-9-22(18)24(27)12-14-25(15-13-24)17-23(26)21-11-10-19-7-3-4-8-20(19)16-21/h2-11,16,23,26-27H,12-15,17H2,1H3/t23-/m0/s1. The van der Waals surface area contributed by atoms with E-state index >= 15 is 0 Å². The predicted molar refractivity (Wildman–Crippen MR) is 110 cm³/mol. The highest BCUT2D eigenvalue weighted by atomic mass is 16.3. The van der Waals surface area contributed by atoms with Crippen molar-refractivity contribution in [1.29, 1.82) is 0 Å². The minimum atomic E-state index is -0.754. The molecule has 2 N–H and O–H groups in total. The van der Waals surface area contributed by atoms with Crippen LogP contribution in [0.1, 0.15) is 35.6 Å². The smallest absolute Gasteiger partial charge is 0.0923 e. The van der Waals surface area contributed by atoms with Crippen molar-refractivity contribution in [3.05, 3.63) is 83.4 Å². The van der Waals surface area contributed by atoms with Gasteiger partial charge < -0.3 is 15.1 Å². The fourth-order valence-corrected chi connectivity index (χ4v) is 4.23. The summed E-state index contributed by atoms with van der Waals surface area (Å²) in [7, 11) is 0. The summed E-state index contributed by atoms with van der Waals surface area (Å²) in [5.41, 5.74) is 2.38. The third kappa shape index (κ3) is 3.77. The number of benzene rings is 3. The van der Waals surface area contributed by atoms with E-state index in [2.05, 4.69) is 42.2 Å². The average Bonchev–Trinajstić information content (AvgIpc) is 2.69. The lowest BCUT2D eigenvalue weighted by Crippen LogP contribution is -2.44. The molecule has 3 aromatic carbocycles. The predicted octanol–water partition coefficient (Wildman–Crippen LogP) is 4.17. The first-order chi connectivity index (χ1) is 13.0. The van der Waals surface area contributed by atoms with Gasteiger partial charge in [0, 0.05) is 19.6 Å². The molecule has 1 saturated heterocycles. The Balaban J connectivity index is 1.41. The van der Waals surface area contributed by atoms with E-state index in [0.29, 0.717) is 19.4 Å². The molecule has 0 radical (unpaired) electrons. The fourth-order valence-electron chi connectivity index (χ4n) is 4.23. The maximum atomic E-state index is 11.1. The molecule has 1 fully saturated rings. The Labute approximate surface area is 160 Å². The van der Waals surface area contributed by atoms with Crippen LogP contribution in [-0.2, 0) is 5.60 Å². The van der Waals surface area contributed by atoms with Gasteiger partial charge in [-0.1, -0.05) is 60.7 Å². The fraction of sp³-hybridized carbons (Fsp3) is 0.333. The molecule has 0 aliphatic carbocycles. The van der Waals surface area contributed by atoms with Crippen LogP contribution in [-0.4, -0.2) is 34.7 Å². The Kier molecular flexibility index (Phi) is 5.00. The monoisotopic (exact) mass is 361 g/mol. The maximum absolute atomic E-state index is 11.1. The number of aliphatic hydroxyl groups excluding tert-OH is 1. The number of piperidine rings is 1. The number of hydrogen-bond donors (Lipinski definition) is 2. The molecule has 0 bridgehead atoms. The first-order valence-corrected chi connectivity index (χ1v) is 9.73. The van der Waals surface area contributed by atoms with Crippen LogP contribution in [0.3, 0.4) is 0 Å². The SMILES string of the molecule is Cc1ccccc1C1(O)CCN(C[C@H](O)c2ccc3ccccc3c2)CC1. The zero-order chi connectivity index (χ0) is 18.9. The first-order valence-electron chi connectivity index (χ1n) is 9.73. The van der Waals surface area contributed by atoms with Crippen molar-refractivity contribution in [2.75, 3.05) is 19.6 Å². The van der Waals surface area contributed by atoms with E-state index in [4.69, 9.17) is 0 Å². The summed E-state index contributed by atoms with van der Waals surface area (Å²) >= 11 is 0. The van der Waals surface area contributed by atoms with Crippen molar-refractivity contribution < 1.29 is 10.2 Å². The van der Waals surface area contributed by atoms with Gasteiger partial charge in [-0.3, -0.25) is 0 Å². The van der Waals surface area contributed by atoms with Gasteiger partial charge in [0.1, 0.15) is 0 Å². The van der Waals surface area contributed by atoms with Crippen molar-refractivity contribution in [2.24, 2.45) is 0 Å². The van der Waals surface area contributed by atoms with E-state index in [1.54, 1.807) is 0 Å². The van der Waals surface area contributed by atoms with Gasteiger partial charge in [0.15, 0.2) is 0 Å². The minimum Gasteiger partial charge on any atom is -0.387 e. The molecule has 3 aromatic rings. The average molecular weight is 361 g/mol. The normalized spacial score (nSPS) is 18.5. The van der Waals surface area contributed by atoms with Crippen molar-refractivity contribution >= 4 is 10.8 Å². The number of β-amino-alcohol motifs (C(OH)–C–C–N with tert-alkyl or cyclic N) is 1. The summed E-state index contributed by atoms with van der Waals surface area (Å²) in [5, 5.41) is 24.2. The largest absolute Gasteiger partial charge is 0.387 e. The minimum absolute atomic E-state index is 0.515. The Bertz CT molecular complexity index is 928. The number of fused-ring (bicyclic) bond motifs is 1. The lowest BCUT2D eigenvalue weighted by molar-refractivity contribution is -0.0348. The summed E-state index contributed by atoms with van der Waals surface area (Å²) < 4.78 is 0. The van der Waals surface area contributed by atoms with Crippen LogP contribution in [0.2, 0.25) is 0 Å².